The molecule has 0 spiro atoms. The van der Waals surface area contributed by atoms with Crippen molar-refractivity contribution in [2.75, 3.05) is 0 Å². The minimum absolute atomic E-state index is 0. The SMILES string of the molecule is CC(C)c1cnc2n1CCc1cc(-c3ccccc3)n[c-]c1-2.CC(C)c1cnc2n1CCc1nc(-c3ccccc3)c[c-]c1-2.CCc1cnc2n1CCc1nc(-c3ccccc3)c[c-]c1-2.Cc1cnc2n1CCc1nc(-c3ccccc3)c[c-]c1-2.[Ir].[Ir].[Ir].[Ir].[c-]1ccnc2c1-c1nccn1CC2.[c-]1ccnc2c1-c1nccn1CC2.[c-]1ccnc2c1-c1nccn1CC2.[c-]1nccc2c1-c1nccn1CC2. The molecule has 20 aromatic rings. The van der Waals surface area contributed by atoms with E-state index in [-0.39, 0.29) is 80.4 Å². The summed E-state index contributed by atoms with van der Waals surface area (Å²) in [6.45, 7) is 20.9. The molecule has 8 aliphatic rings. The fraction of sp³-hybridized carbons (Fsp3) is 0.221. The van der Waals surface area contributed by atoms with E-state index in [1.807, 2.05) is 190 Å². The summed E-state index contributed by atoms with van der Waals surface area (Å²) in [5.74, 6) is 8.98. The van der Waals surface area contributed by atoms with Crippen molar-refractivity contribution in [2.45, 2.75) is 164 Å². The van der Waals surface area contributed by atoms with E-state index in [1.54, 1.807) is 24.8 Å². The molecule has 16 aromatic heterocycles. The second-order valence-electron chi connectivity index (χ2n) is 35.0. The third-order valence-electron chi connectivity index (χ3n) is 25.9. The summed E-state index contributed by atoms with van der Waals surface area (Å²) in [5, 5.41) is 0. The van der Waals surface area contributed by atoms with Crippen LogP contribution in [-0.4, -0.2) is 116 Å². The molecule has 28 rings (SSSR count). The zero-order chi connectivity index (χ0) is 92.7. The molecule has 24 heterocycles. The molecule has 0 fully saturated rings. The first-order valence-corrected chi connectivity index (χ1v) is 47.0. The van der Waals surface area contributed by atoms with Crippen LogP contribution in [0.4, 0.5) is 0 Å². The maximum absolute atomic E-state index is 4.85. The van der Waals surface area contributed by atoms with Gasteiger partial charge in [0.2, 0.25) is 0 Å². The van der Waals surface area contributed by atoms with Gasteiger partial charge in [-0.1, -0.05) is 225 Å². The standard InChI is InChI=1S/2C19H18N3.C18H16N3.C17H14N3.4C10H8N3.4Ir/c1-13(2)18-12-21-19-16-11-20-17(14-6-4-3-5-7-14)10-15(16)8-9-22(18)19;1-13(2)18-12-20-19-15-8-9-16(14-6-4-3-5-7-14)21-17(15)10-11-22(18)19;1-2-14-12-19-18-15-8-9-16(13-6-4-3-5-7-13)20-17(15)10-11-21(14)18;1-12-11-18-17-14-7-8-15(13-5-3-2-4-6-13)19-16(14)9-10-20(12)17;1-3-11-7-9-8(1)2-5-13-6-4-12-10(9)13;3*1-2-8-9(11-4-1)3-6-13-7-5-12-10(8)13;;;;/h3-7,10,12-13H,8-9H2,1-2H3;3-7,9,12-13H,10-11H2,1-2H3;3-7,9,12H,2,10-11H2,1H3;2-6,8,11H,9-10H2,1H3;1,3-4,6H,2,5H2;3*1,4-5,7H,3,6H2;;;;/q8*-1;;;;. The number of aryl methyl sites for hydroxylation is 14. The van der Waals surface area contributed by atoms with Gasteiger partial charge in [-0.3, -0.25) is 39.9 Å². The van der Waals surface area contributed by atoms with E-state index in [1.165, 1.54) is 33.9 Å². The van der Waals surface area contributed by atoms with Crippen molar-refractivity contribution in [3.8, 4) is 136 Å². The monoisotopic (exact) mass is 2560 g/mol. The third kappa shape index (κ3) is 21.1. The van der Waals surface area contributed by atoms with Crippen molar-refractivity contribution in [3.63, 3.8) is 0 Å². The Morgan fingerprint density at radius 1 is 0.298 bits per heavy atom. The molecule has 0 atom stereocenters. The molecule has 0 N–H and O–H groups in total. The smallest absolute Gasteiger partial charge is 0.0577 e. The second kappa shape index (κ2) is 45.3. The van der Waals surface area contributed by atoms with Crippen LogP contribution in [0.5, 0.6) is 0 Å². The number of hydrogen-bond acceptors (Lipinski definition) is 16. The van der Waals surface area contributed by atoms with E-state index in [2.05, 4.69) is 246 Å². The predicted octanol–water partition coefficient (Wildman–Crippen LogP) is 20.2. The number of rotatable bonds is 7. The number of aromatic nitrogens is 24. The zero-order valence-corrected chi connectivity index (χ0v) is 88.2. The number of imidazole rings is 8. The van der Waals surface area contributed by atoms with Crippen LogP contribution in [0, 0.1) is 55.7 Å². The van der Waals surface area contributed by atoms with Crippen molar-refractivity contribution in [1.82, 2.24) is 116 Å². The van der Waals surface area contributed by atoms with Gasteiger partial charge in [0.1, 0.15) is 0 Å². The van der Waals surface area contributed by atoms with E-state index < -0.39 is 0 Å². The molecule has 28 heteroatoms. The van der Waals surface area contributed by atoms with Crippen molar-refractivity contribution in [2.24, 2.45) is 0 Å². The van der Waals surface area contributed by atoms with Gasteiger partial charge in [-0.15, -0.1) is 96.1 Å². The van der Waals surface area contributed by atoms with Gasteiger partial charge in [0.25, 0.3) is 0 Å². The third-order valence-corrected chi connectivity index (χ3v) is 25.9. The molecule has 0 saturated heterocycles. The molecule has 24 nitrogen and oxygen atoms in total. The van der Waals surface area contributed by atoms with Gasteiger partial charge in [-0.2, -0.15) is 0 Å². The van der Waals surface area contributed by atoms with E-state index in [0.29, 0.717) is 11.8 Å². The van der Waals surface area contributed by atoms with E-state index in [0.717, 1.165) is 280 Å². The molecule has 4 aromatic carbocycles. The molecular formula is C113H98Ir4N24-8. The fourth-order valence-electron chi connectivity index (χ4n) is 18.8. The number of hydrogen-bond donors (Lipinski definition) is 0. The summed E-state index contributed by atoms with van der Waals surface area (Å²) in [6, 6.07) is 76.5. The van der Waals surface area contributed by atoms with Crippen LogP contribution in [0.3, 0.4) is 0 Å². The quantitative estimate of drug-likeness (QED) is 0.135. The predicted molar refractivity (Wildman–Crippen MR) is 528 cm³/mol. The Bertz CT molecular complexity index is 7170. The van der Waals surface area contributed by atoms with Crippen molar-refractivity contribution in [1.29, 1.82) is 0 Å². The van der Waals surface area contributed by atoms with Gasteiger partial charge >= 0.3 is 0 Å². The van der Waals surface area contributed by atoms with Gasteiger partial charge in [-0.25, -0.2) is 0 Å². The molecule has 0 amide bonds. The van der Waals surface area contributed by atoms with Crippen molar-refractivity contribution < 1.29 is 80.4 Å². The molecule has 714 valence electrons. The second-order valence-corrected chi connectivity index (χ2v) is 35.0. The number of benzene rings is 4. The summed E-state index contributed by atoms with van der Waals surface area (Å²) >= 11 is 0. The topological polar surface area (TPSA) is 246 Å². The Balaban J connectivity index is 0.000000112. The van der Waals surface area contributed by atoms with Crippen LogP contribution in [-0.2, 0) is 191 Å². The van der Waals surface area contributed by atoms with Gasteiger partial charge in [-0.05, 0) is 168 Å². The summed E-state index contributed by atoms with van der Waals surface area (Å²) in [6.07, 6.45) is 45.4. The molecule has 8 aliphatic heterocycles. The fourth-order valence-corrected chi connectivity index (χ4v) is 18.8. The summed E-state index contributed by atoms with van der Waals surface area (Å²) in [7, 11) is 0. The average Bonchev–Trinajstić information content (AvgIpc) is 1.66. The minimum atomic E-state index is 0. The van der Waals surface area contributed by atoms with Gasteiger partial charge in [0, 0.05) is 230 Å². The summed E-state index contributed by atoms with van der Waals surface area (Å²) < 4.78 is 17.7. The Hall–Kier alpha value is -13.6. The molecule has 0 unspecified atom stereocenters. The zero-order valence-electron chi connectivity index (χ0n) is 78.6. The Kier molecular flexibility index (Phi) is 31.8. The van der Waals surface area contributed by atoms with Crippen LogP contribution < -0.4 is 0 Å². The van der Waals surface area contributed by atoms with Crippen molar-refractivity contribution in [3.05, 3.63) is 386 Å². The van der Waals surface area contributed by atoms with E-state index in [4.69, 9.17) is 15.0 Å². The molecule has 141 heavy (non-hydrogen) atoms. The molecule has 0 bridgehead atoms. The Labute approximate surface area is 874 Å². The maximum Gasteiger partial charge on any atom is 0.0577 e. The average molecular weight is 2560 g/mol. The van der Waals surface area contributed by atoms with Gasteiger partial charge in [0.05, 0.1) is 46.6 Å². The van der Waals surface area contributed by atoms with Crippen LogP contribution in [0.1, 0.15) is 115 Å². The van der Waals surface area contributed by atoms with Crippen LogP contribution in [0.25, 0.3) is 136 Å². The normalized spacial score (nSPS) is 12.8. The minimum Gasteiger partial charge on any atom is -0.371 e. The van der Waals surface area contributed by atoms with Crippen molar-refractivity contribution >= 4 is 0 Å². The maximum atomic E-state index is 4.85. The van der Waals surface area contributed by atoms with Gasteiger partial charge in [0.15, 0.2) is 0 Å². The Morgan fingerprint density at radius 3 is 1.07 bits per heavy atom. The molecule has 4 radical (unpaired) electrons. The number of nitrogens with zero attached hydrogens (tertiary/aromatic N) is 24. The van der Waals surface area contributed by atoms with Crippen LogP contribution >= 0.6 is 0 Å². The van der Waals surface area contributed by atoms with Crippen LogP contribution in [0.2, 0.25) is 0 Å². The van der Waals surface area contributed by atoms with Crippen LogP contribution in [0.15, 0.2) is 269 Å². The van der Waals surface area contributed by atoms with E-state index >= 15 is 0 Å². The first-order chi connectivity index (χ1) is 67.5. The molecular weight excluding hydrogens is 2460 g/mol. The molecule has 0 saturated carbocycles. The number of pyridine rings is 8. The summed E-state index contributed by atoms with van der Waals surface area (Å²) in [5.41, 5.74) is 31.3. The number of fused-ring (bicyclic) bond motifs is 24. The first kappa shape index (κ1) is 98.9. The summed E-state index contributed by atoms with van der Waals surface area (Å²) in [4.78, 5) is 71.4. The largest absolute Gasteiger partial charge is 0.371 e. The first-order valence-electron chi connectivity index (χ1n) is 47.0. The van der Waals surface area contributed by atoms with Gasteiger partial charge < -0.3 is 76.4 Å². The Morgan fingerprint density at radius 2 is 0.638 bits per heavy atom. The molecule has 0 aliphatic carbocycles. The van der Waals surface area contributed by atoms with E-state index in [9.17, 15) is 0 Å².